The minimum atomic E-state index is -4.34. The molecule has 0 atom stereocenters. The third-order valence-corrected chi connectivity index (χ3v) is 8.91. The van der Waals surface area contributed by atoms with Crippen molar-refractivity contribution in [2.24, 2.45) is 0 Å². The number of carbonyl (C=O) groups is 2. The molecule has 1 aromatic carbocycles. The Bertz CT molecular complexity index is 1480. The highest BCUT2D eigenvalue weighted by atomic mass is 19.4. The fourth-order valence-electron chi connectivity index (χ4n) is 6.49. The van der Waals surface area contributed by atoms with Crippen molar-refractivity contribution in [3.63, 3.8) is 0 Å². The molecule has 3 aliphatic rings. The van der Waals surface area contributed by atoms with E-state index in [9.17, 15) is 22.8 Å². The van der Waals surface area contributed by atoms with E-state index in [1.54, 1.807) is 4.52 Å². The van der Waals surface area contributed by atoms with Crippen molar-refractivity contribution in [1.29, 1.82) is 0 Å². The molecule has 2 saturated heterocycles. The number of hydrogen-bond donors (Lipinski definition) is 0. The molecule has 0 aliphatic carbocycles. The van der Waals surface area contributed by atoms with Gasteiger partial charge in [-0.25, -0.2) is 9.50 Å². The molecule has 0 radical (unpaired) electrons. The number of alkyl halides is 3. The van der Waals surface area contributed by atoms with Gasteiger partial charge in [-0.3, -0.25) is 9.59 Å². The Labute approximate surface area is 249 Å². The minimum Gasteiger partial charge on any atom is -0.339 e. The summed E-state index contributed by atoms with van der Waals surface area (Å²) in [7, 11) is 0. The number of aromatic nitrogens is 3. The Balaban J connectivity index is 1.07. The second kappa shape index (κ2) is 12.5. The van der Waals surface area contributed by atoms with Crippen LogP contribution in [0.3, 0.4) is 0 Å². The van der Waals surface area contributed by atoms with Gasteiger partial charge in [-0.15, -0.1) is 0 Å². The molecule has 228 valence electrons. The molecule has 2 amide bonds. The van der Waals surface area contributed by atoms with Crippen LogP contribution in [0.2, 0.25) is 0 Å². The van der Waals surface area contributed by atoms with E-state index in [0.29, 0.717) is 42.5 Å². The van der Waals surface area contributed by atoms with Crippen LogP contribution in [0.25, 0.3) is 11.2 Å². The van der Waals surface area contributed by atoms with Crippen molar-refractivity contribution < 1.29 is 22.8 Å². The van der Waals surface area contributed by atoms with Gasteiger partial charge in [0.2, 0.25) is 5.91 Å². The van der Waals surface area contributed by atoms with E-state index in [-0.39, 0.29) is 12.5 Å². The van der Waals surface area contributed by atoms with Gasteiger partial charge in [0.15, 0.2) is 11.5 Å². The number of pyridine rings is 1. The Morgan fingerprint density at radius 3 is 2.35 bits per heavy atom. The lowest BCUT2D eigenvalue weighted by Gasteiger charge is -2.36. The summed E-state index contributed by atoms with van der Waals surface area (Å²) in [6.45, 7) is 4.63. The number of fused-ring (bicyclic) bond motifs is 1. The van der Waals surface area contributed by atoms with Gasteiger partial charge in [0.1, 0.15) is 0 Å². The van der Waals surface area contributed by atoms with Gasteiger partial charge in [0, 0.05) is 62.4 Å². The summed E-state index contributed by atoms with van der Waals surface area (Å²) < 4.78 is 39.3. The average Bonchev–Trinajstić information content (AvgIpc) is 3.70. The molecule has 3 aliphatic heterocycles. The van der Waals surface area contributed by atoms with E-state index >= 15 is 0 Å². The summed E-state index contributed by atoms with van der Waals surface area (Å²) in [5, 5.41) is 4.65. The molecular formula is C32H37F3N6O2. The van der Waals surface area contributed by atoms with Gasteiger partial charge in [-0.05, 0) is 80.6 Å². The third-order valence-electron chi connectivity index (χ3n) is 8.91. The van der Waals surface area contributed by atoms with Crippen LogP contribution in [0.15, 0.2) is 48.7 Å². The number of benzene rings is 1. The van der Waals surface area contributed by atoms with Crippen molar-refractivity contribution in [3.8, 4) is 0 Å². The number of nitrogens with zero attached hydrogens (tertiary/aromatic N) is 6. The van der Waals surface area contributed by atoms with E-state index < -0.39 is 24.9 Å². The van der Waals surface area contributed by atoms with Crippen LogP contribution in [-0.4, -0.2) is 92.6 Å². The van der Waals surface area contributed by atoms with Crippen LogP contribution in [0.4, 0.5) is 13.2 Å². The first kappa shape index (κ1) is 29.3. The van der Waals surface area contributed by atoms with E-state index in [1.807, 2.05) is 53.6 Å². The summed E-state index contributed by atoms with van der Waals surface area (Å²) in [6, 6.07) is 12.2. The van der Waals surface area contributed by atoms with Gasteiger partial charge < -0.3 is 14.7 Å². The van der Waals surface area contributed by atoms with Crippen LogP contribution < -0.4 is 0 Å². The summed E-state index contributed by atoms with van der Waals surface area (Å²) in [5.74, 6) is 0.254. The number of piperidine rings is 1. The maximum absolute atomic E-state index is 13.1. The molecule has 0 saturated carbocycles. The first-order valence-electron chi connectivity index (χ1n) is 15.2. The SMILES string of the molecule is O=C(CCC(F)(F)F)N1CC=C(c2cccn3nc(Cc4ccc(C(=O)N5CCC(N6CCCC6)CC5)cc4)nc23)CC1. The number of likely N-dealkylation sites (tertiary alicyclic amines) is 2. The molecule has 8 nitrogen and oxygen atoms in total. The highest BCUT2D eigenvalue weighted by Gasteiger charge is 2.30. The largest absolute Gasteiger partial charge is 0.389 e. The maximum atomic E-state index is 13.1. The molecule has 6 rings (SSSR count). The van der Waals surface area contributed by atoms with Crippen molar-refractivity contribution in [3.05, 3.63) is 71.2 Å². The standard InChI is InChI=1S/C32H37F3N6O2/c33-32(34,35)14-9-29(42)39-18-10-24(11-19-39)27-4-3-17-41-30(27)36-28(37-41)22-23-5-7-25(8-6-23)31(43)40-20-12-26(13-21-40)38-15-1-2-16-38/h3-8,10,17,26H,1-2,9,11-16,18-22H2. The molecule has 2 aromatic heterocycles. The first-order valence-corrected chi connectivity index (χ1v) is 15.2. The zero-order chi connectivity index (χ0) is 30.0. The zero-order valence-electron chi connectivity index (χ0n) is 24.2. The smallest absolute Gasteiger partial charge is 0.339 e. The molecule has 11 heteroatoms. The lowest BCUT2D eigenvalue weighted by Crippen LogP contribution is -2.45. The molecule has 5 heterocycles. The maximum Gasteiger partial charge on any atom is 0.389 e. The van der Waals surface area contributed by atoms with E-state index in [2.05, 4.69) is 10.00 Å². The highest BCUT2D eigenvalue weighted by molar-refractivity contribution is 5.94. The number of halogens is 3. The van der Waals surface area contributed by atoms with Gasteiger partial charge in [0.05, 0.1) is 6.42 Å². The number of carbonyl (C=O) groups excluding carboxylic acids is 2. The summed E-state index contributed by atoms with van der Waals surface area (Å²) in [4.78, 5) is 36.2. The topological polar surface area (TPSA) is 74.1 Å². The van der Waals surface area contributed by atoms with Crippen molar-refractivity contribution in [1.82, 2.24) is 29.3 Å². The predicted octanol–water partition coefficient (Wildman–Crippen LogP) is 4.98. The van der Waals surface area contributed by atoms with Gasteiger partial charge >= 0.3 is 6.18 Å². The molecule has 0 unspecified atom stereocenters. The van der Waals surface area contributed by atoms with Crippen LogP contribution in [0, 0.1) is 0 Å². The van der Waals surface area contributed by atoms with Crippen molar-refractivity contribution >= 4 is 23.0 Å². The quantitative estimate of drug-likeness (QED) is 0.386. The fraction of sp³-hybridized carbons (Fsp3) is 0.500. The Hall–Kier alpha value is -3.73. The first-order chi connectivity index (χ1) is 20.7. The Morgan fingerprint density at radius 2 is 1.67 bits per heavy atom. The molecule has 0 N–H and O–H groups in total. The average molecular weight is 595 g/mol. The van der Waals surface area contributed by atoms with Gasteiger partial charge in [-0.1, -0.05) is 18.2 Å². The lowest BCUT2D eigenvalue weighted by atomic mass is 10.00. The number of amides is 2. The summed E-state index contributed by atoms with van der Waals surface area (Å²) in [6.07, 6.45) is 3.47. The summed E-state index contributed by atoms with van der Waals surface area (Å²) >= 11 is 0. The van der Waals surface area contributed by atoms with Crippen LogP contribution in [0.5, 0.6) is 0 Å². The second-order valence-corrected chi connectivity index (χ2v) is 11.8. The Kier molecular flexibility index (Phi) is 8.52. The van der Waals surface area contributed by atoms with Crippen LogP contribution in [-0.2, 0) is 11.2 Å². The fourth-order valence-corrected chi connectivity index (χ4v) is 6.49. The number of hydrogen-bond acceptors (Lipinski definition) is 5. The van der Waals surface area contributed by atoms with Crippen molar-refractivity contribution in [2.75, 3.05) is 39.3 Å². The zero-order valence-corrected chi connectivity index (χ0v) is 24.2. The predicted molar refractivity (Wildman–Crippen MR) is 156 cm³/mol. The van der Waals surface area contributed by atoms with Gasteiger partial charge in [0.25, 0.3) is 5.91 Å². The third kappa shape index (κ3) is 6.92. The van der Waals surface area contributed by atoms with Crippen molar-refractivity contribution in [2.45, 2.75) is 63.6 Å². The normalized spacial score (nSPS) is 18.8. The molecule has 43 heavy (non-hydrogen) atoms. The van der Waals surface area contributed by atoms with Crippen LogP contribution >= 0.6 is 0 Å². The number of rotatable bonds is 7. The van der Waals surface area contributed by atoms with Crippen LogP contribution in [0.1, 0.15) is 72.3 Å². The van der Waals surface area contributed by atoms with E-state index in [4.69, 9.17) is 4.98 Å². The molecule has 2 fully saturated rings. The minimum absolute atomic E-state index is 0.0864. The second-order valence-electron chi connectivity index (χ2n) is 11.8. The summed E-state index contributed by atoms with van der Waals surface area (Å²) in [5.41, 5.74) is 4.30. The highest BCUT2D eigenvalue weighted by Crippen LogP contribution is 2.28. The molecular weight excluding hydrogens is 557 g/mol. The molecule has 3 aromatic rings. The van der Waals surface area contributed by atoms with E-state index in [1.165, 1.54) is 30.8 Å². The molecule has 0 bridgehead atoms. The monoisotopic (exact) mass is 594 g/mol. The van der Waals surface area contributed by atoms with Gasteiger partial charge in [-0.2, -0.15) is 18.3 Å². The Morgan fingerprint density at radius 1 is 0.930 bits per heavy atom. The molecule has 0 spiro atoms. The van der Waals surface area contributed by atoms with E-state index in [0.717, 1.165) is 42.6 Å². The lowest BCUT2D eigenvalue weighted by molar-refractivity contribution is -0.148.